The summed E-state index contributed by atoms with van der Waals surface area (Å²) in [6.07, 6.45) is 0. The number of rotatable bonds is 1. The van der Waals surface area contributed by atoms with Crippen LogP contribution in [-0.2, 0) is 0 Å². The molecule has 0 aromatic heterocycles. The van der Waals surface area contributed by atoms with Gasteiger partial charge in [-0.05, 0) is 6.07 Å². The average Bonchev–Trinajstić information content (AvgIpc) is 2.42. The van der Waals surface area contributed by atoms with Crippen molar-refractivity contribution in [2.45, 2.75) is 0 Å². The van der Waals surface area contributed by atoms with Crippen molar-refractivity contribution < 1.29 is 9.72 Å². The van der Waals surface area contributed by atoms with Gasteiger partial charge in [-0.15, -0.1) is 0 Å². The first kappa shape index (κ1) is 8.76. The van der Waals surface area contributed by atoms with Gasteiger partial charge in [0.2, 0.25) is 0 Å². The Morgan fingerprint density at radius 3 is 2.43 bits per heavy atom. The molecule has 0 unspecified atom stereocenters. The Labute approximate surface area is 81.7 Å². The van der Waals surface area contributed by atoms with Crippen molar-refractivity contribution in [3.63, 3.8) is 0 Å². The third kappa shape index (κ3) is 1.25. The van der Waals surface area contributed by atoms with Crippen molar-refractivity contribution in [3.8, 4) is 0 Å². The fraction of sp³-hybridized carbons (Fsp3) is 0. The predicted molar refractivity (Wildman–Crippen MR) is 45.8 cm³/mol. The monoisotopic (exact) mass is 211 g/mol. The third-order valence-corrected chi connectivity index (χ3v) is 1.98. The smallest absolute Gasteiger partial charge is 0.258 e. The van der Waals surface area contributed by atoms with Gasteiger partial charge in [0, 0.05) is 6.07 Å². The SMILES string of the molecule is O=C1N=c2cc(Cl)c([N+](=O)[O-])cc2=N1. The van der Waals surface area contributed by atoms with Crippen LogP contribution < -0.4 is 10.7 Å². The highest BCUT2D eigenvalue weighted by Gasteiger charge is 2.15. The van der Waals surface area contributed by atoms with Crippen LogP contribution >= 0.6 is 11.6 Å². The standard InChI is InChI=1S/C7H2ClN3O3/c8-3-1-4-5(10-7(12)9-4)2-6(3)11(13)14/h1-2H. The number of benzene rings is 1. The lowest BCUT2D eigenvalue weighted by Crippen LogP contribution is -2.21. The van der Waals surface area contributed by atoms with Crippen LogP contribution in [0.2, 0.25) is 5.02 Å². The lowest BCUT2D eigenvalue weighted by molar-refractivity contribution is -0.384. The van der Waals surface area contributed by atoms with Gasteiger partial charge in [0.1, 0.15) is 10.4 Å². The maximum Gasteiger partial charge on any atom is 0.368 e. The zero-order chi connectivity index (χ0) is 10.3. The largest absolute Gasteiger partial charge is 0.368 e. The molecule has 7 heteroatoms. The lowest BCUT2D eigenvalue weighted by atomic mass is 10.3. The Morgan fingerprint density at radius 2 is 1.86 bits per heavy atom. The number of nitrogens with zero attached hydrogens (tertiary/aromatic N) is 3. The molecule has 0 N–H and O–H groups in total. The van der Waals surface area contributed by atoms with E-state index in [0.29, 0.717) is 0 Å². The van der Waals surface area contributed by atoms with E-state index >= 15 is 0 Å². The Hall–Kier alpha value is -1.82. The number of hydrogen-bond acceptors (Lipinski definition) is 3. The van der Waals surface area contributed by atoms with Crippen LogP contribution in [0.4, 0.5) is 10.5 Å². The molecule has 0 fully saturated rings. The van der Waals surface area contributed by atoms with Crippen LogP contribution in [0.3, 0.4) is 0 Å². The Balaban J connectivity index is 2.81. The molecule has 1 aromatic carbocycles. The fourth-order valence-corrected chi connectivity index (χ4v) is 1.32. The number of hydrogen-bond donors (Lipinski definition) is 0. The molecular formula is C7H2ClN3O3. The zero-order valence-corrected chi connectivity index (χ0v) is 7.35. The molecule has 0 aliphatic carbocycles. The number of urea groups is 1. The van der Waals surface area contributed by atoms with E-state index in [-0.39, 0.29) is 21.4 Å². The van der Waals surface area contributed by atoms with Gasteiger partial charge >= 0.3 is 6.03 Å². The molecule has 1 aliphatic heterocycles. The highest BCUT2D eigenvalue weighted by atomic mass is 35.5. The molecule has 1 heterocycles. The molecule has 2 rings (SSSR count). The molecule has 0 saturated carbocycles. The highest BCUT2D eigenvalue weighted by molar-refractivity contribution is 6.32. The number of amides is 2. The van der Waals surface area contributed by atoms with E-state index in [1.54, 1.807) is 0 Å². The minimum Gasteiger partial charge on any atom is -0.258 e. The van der Waals surface area contributed by atoms with Gasteiger partial charge in [0.15, 0.2) is 0 Å². The first-order valence-electron chi connectivity index (χ1n) is 3.53. The van der Waals surface area contributed by atoms with Crippen molar-refractivity contribution >= 4 is 23.3 Å². The van der Waals surface area contributed by atoms with Gasteiger partial charge in [-0.2, -0.15) is 9.98 Å². The van der Waals surface area contributed by atoms with Crippen LogP contribution in [0, 0.1) is 10.1 Å². The summed E-state index contributed by atoms with van der Waals surface area (Å²) in [5.74, 6) is 0. The number of nitro groups is 1. The summed E-state index contributed by atoms with van der Waals surface area (Å²) in [4.78, 5) is 27.5. The van der Waals surface area contributed by atoms with Gasteiger partial charge in [-0.1, -0.05) is 11.6 Å². The van der Waals surface area contributed by atoms with E-state index in [9.17, 15) is 14.9 Å². The molecule has 14 heavy (non-hydrogen) atoms. The van der Waals surface area contributed by atoms with Crippen molar-refractivity contribution in [1.29, 1.82) is 0 Å². The van der Waals surface area contributed by atoms with Gasteiger partial charge in [-0.25, -0.2) is 4.79 Å². The molecule has 6 nitrogen and oxygen atoms in total. The molecule has 1 aromatic rings. The summed E-state index contributed by atoms with van der Waals surface area (Å²) in [7, 11) is 0. The molecule has 2 amide bonds. The average molecular weight is 212 g/mol. The maximum atomic E-state index is 10.7. The van der Waals surface area contributed by atoms with Gasteiger partial charge in [0.25, 0.3) is 5.69 Å². The van der Waals surface area contributed by atoms with Crippen LogP contribution in [0.15, 0.2) is 22.1 Å². The fourth-order valence-electron chi connectivity index (χ4n) is 1.09. The topological polar surface area (TPSA) is 84.9 Å². The predicted octanol–water partition coefficient (Wildman–Crippen LogP) is 0.621. The molecule has 0 radical (unpaired) electrons. The summed E-state index contributed by atoms with van der Waals surface area (Å²) < 4.78 is 0. The van der Waals surface area contributed by atoms with Gasteiger partial charge in [-0.3, -0.25) is 10.1 Å². The van der Waals surface area contributed by atoms with Crippen LogP contribution in [0.1, 0.15) is 0 Å². The highest BCUT2D eigenvalue weighted by Crippen LogP contribution is 2.19. The molecule has 0 saturated heterocycles. The quantitative estimate of drug-likeness (QED) is 0.504. The minimum absolute atomic E-state index is 0.0533. The second-order valence-electron chi connectivity index (χ2n) is 2.56. The van der Waals surface area contributed by atoms with Crippen LogP contribution in [-0.4, -0.2) is 11.0 Å². The summed E-state index contributed by atoms with van der Waals surface area (Å²) >= 11 is 5.60. The number of carbonyl (C=O) groups excluding carboxylic acids is 1. The number of nitro benzene ring substituents is 1. The van der Waals surface area contributed by atoms with Crippen molar-refractivity contribution in [2.75, 3.05) is 0 Å². The van der Waals surface area contributed by atoms with Crippen molar-refractivity contribution in [2.24, 2.45) is 9.98 Å². The summed E-state index contributed by atoms with van der Waals surface area (Å²) in [5.41, 5.74) is -0.279. The first-order valence-corrected chi connectivity index (χ1v) is 3.91. The van der Waals surface area contributed by atoms with E-state index in [2.05, 4.69) is 9.98 Å². The lowest BCUT2D eigenvalue weighted by Gasteiger charge is -1.91. The molecular weight excluding hydrogens is 210 g/mol. The summed E-state index contributed by atoms with van der Waals surface area (Å²) in [6.45, 7) is 0. The first-order chi connectivity index (χ1) is 6.58. The Morgan fingerprint density at radius 1 is 1.29 bits per heavy atom. The molecule has 70 valence electrons. The number of halogens is 1. The van der Waals surface area contributed by atoms with E-state index in [0.717, 1.165) is 6.07 Å². The third-order valence-electron chi connectivity index (χ3n) is 1.67. The summed E-state index contributed by atoms with van der Waals surface area (Å²) in [5, 5.41) is 10.9. The molecule has 0 atom stereocenters. The molecule has 1 aliphatic rings. The van der Waals surface area contributed by atoms with Crippen LogP contribution in [0.25, 0.3) is 0 Å². The van der Waals surface area contributed by atoms with Crippen molar-refractivity contribution in [1.82, 2.24) is 0 Å². The second kappa shape index (κ2) is 2.85. The molecule has 0 bridgehead atoms. The van der Waals surface area contributed by atoms with E-state index < -0.39 is 11.0 Å². The number of fused-ring (bicyclic) bond motifs is 1. The normalized spacial score (nSPS) is 13.1. The maximum absolute atomic E-state index is 10.7. The van der Waals surface area contributed by atoms with Crippen LogP contribution in [0.5, 0.6) is 0 Å². The Bertz CT molecular complexity index is 566. The minimum atomic E-state index is -0.670. The van der Waals surface area contributed by atoms with E-state index in [1.165, 1.54) is 6.07 Å². The zero-order valence-electron chi connectivity index (χ0n) is 6.60. The van der Waals surface area contributed by atoms with Crippen molar-refractivity contribution in [3.05, 3.63) is 38.0 Å². The van der Waals surface area contributed by atoms with E-state index in [4.69, 9.17) is 11.6 Å². The summed E-state index contributed by atoms with van der Waals surface area (Å²) in [6, 6.07) is 1.71. The molecule has 0 spiro atoms. The number of carbonyl (C=O) groups is 1. The second-order valence-corrected chi connectivity index (χ2v) is 2.96. The Kier molecular flexibility index (Phi) is 1.78. The van der Waals surface area contributed by atoms with Gasteiger partial charge < -0.3 is 0 Å². The van der Waals surface area contributed by atoms with E-state index in [1.807, 2.05) is 0 Å². The van der Waals surface area contributed by atoms with Gasteiger partial charge in [0.05, 0.1) is 10.3 Å².